The molecule has 0 atom stereocenters. The van der Waals surface area contributed by atoms with Crippen molar-refractivity contribution in [2.75, 3.05) is 5.32 Å². The fourth-order valence-corrected chi connectivity index (χ4v) is 1.27. The Morgan fingerprint density at radius 3 is 2.79 bits per heavy atom. The molecule has 14 heavy (non-hydrogen) atoms. The average molecular weight is 193 g/mol. The van der Waals surface area contributed by atoms with Crippen molar-refractivity contribution >= 4 is 11.6 Å². The highest BCUT2D eigenvalue weighted by Crippen LogP contribution is 2.19. The summed E-state index contributed by atoms with van der Waals surface area (Å²) in [6.45, 7) is 3.66. The van der Waals surface area contributed by atoms with E-state index in [-0.39, 0.29) is 12.5 Å². The van der Waals surface area contributed by atoms with Crippen molar-refractivity contribution in [3.8, 4) is 0 Å². The maximum atomic E-state index is 11.2. The summed E-state index contributed by atoms with van der Waals surface area (Å²) in [7, 11) is 0. The summed E-state index contributed by atoms with van der Waals surface area (Å²) in [4.78, 5) is 11.2. The van der Waals surface area contributed by atoms with Gasteiger partial charge in [0.15, 0.2) is 0 Å². The van der Waals surface area contributed by atoms with Crippen LogP contribution in [-0.2, 0) is 11.4 Å². The lowest BCUT2D eigenvalue weighted by Gasteiger charge is -2.10. The molecule has 0 heterocycles. The molecule has 0 fully saturated rings. The largest absolute Gasteiger partial charge is 0.392 e. The second-order valence-electron chi connectivity index (χ2n) is 3.16. The van der Waals surface area contributed by atoms with E-state index in [1.807, 2.05) is 19.1 Å². The van der Waals surface area contributed by atoms with Gasteiger partial charge in [-0.25, -0.2) is 0 Å². The van der Waals surface area contributed by atoms with Crippen molar-refractivity contribution in [2.24, 2.45) is 0 Å². The zero-order chi connectivity index (χ0) is 10.6. The summed E-state index contributed by atoms with van der Waals surface area (Å²) < 4.78 is 0. The van der Waals surface area contributed by atoms with E-state index in [0.29, 0.717) is 12.1 Å². The molecule has 0 aliphatic carbocycles. The molecule has 0 aliphatic rings. The van der Waals surface area contributed by atoms with Gasteiger partial charge >= 0.3 is 0 Å². The lowest BCUT2D eigenvalue weighted by molar-refractivity contribution is -0.115. The lowest BCUT2D eigenvalue weighted by Crippen LogP contribution is -2.11. The number of aryl methyl sites for hydroxylation is 1. The molecule has 3 nitrogen and oxygen atoms in total. The van der Waals surface area contributed by atoms with Gasteiger partial charge in [-0.3, -0.25) is 4.79 Å². The fraction of sp³-hybridized carbons (Fsp3) is 0.364. The summed E-state index contributed by atoms with van der Waals surface area (Å²) >= 11 is 0. The normalized spacial score (nSPS) is 9.93. The molecule has 1 rings (SSSR count). The first-order valence-corrected chi connectivity index (χ1v) is 4.68. The van der Waals surface area contributed by atoms with Crippen molar-refractivity contribution < 1.29 is 9.90 Å². The van der Waals surface area contributed by atoms with Crippen molar-refractivity contribution in [2.45, 2.75) is 26.9 Å². The number of aliphatic hydroxyl groups is 1. The number of carbonyl (C=O) groups is 1. The number of hydrogen-bond donors (Lipinski definition) is 2. The van der Waals surface area contributed by atoms with Gasteiger partial charge in [-0.2, -0.15) is 0 Å². The number of hydrogen-bond acceptors (Lipinski definition) is 2. The van der Waals surface area contributed by atoms with Crippen molar-refractivity contribution in [3.05, 3.63) is 29.3 Å². The first kappa shape index (κ1) is 10.7. The van der Waals surface area contributed by atoms with E-state index >= 15 is 0 Å². The van der Waals surface area contributed by atoms with Gasteiger partial charge in [-0.05, 0) is 18.6 Å². The Morgan fingerprint density at radius 2 is 2.21 bits per heavy atom. The molecule has 0 unspecified atom stereocenters. The first-order valence-electron chi connectivity index (χ1n) is 4.68. The van der Waals surface area contributed by atoms with Crippen molar-refractivity contribution in [1.29, 1.82) is 0 Å². The molecule has 0 saturated heterocycles. The molecule has 1 aromatic carbocycles. The van der Waals surface area contributed by atoms with Crippen LogP contribution >= 0.6 is 0 Å². The second-order valence-corrected chi connectivity index (χ2v) is 3.16. The maximum Gasteiger partial charge on any atom is 0.224 e. The summed E-state index contributed by atoms with van der Waals surface area (Å²) in [6, 6.07) is 5.57. The SMILES string of the molecule is CCC(=O)Nc1cccc(C)c1CO. The number of aliphatic hydroxyl groups excluding tert-OH is 1. The van der Waals surface area contributed by atoms with E-state index < -0.39 is 0 Å². The Hall–Kier alpha value is -1.35. The van der Waals surface area contributed by atoms with Gasteiger partial charge in [-0.1, -0.05) is 19.1 Å². The molecule has 1 aromatic rings. The third kappa shape index (κ3) is 2.33. The summed E-state index contributed by atoms with van der Waals surface area (Å²) in [5, 5.41) is 11.9. The third-order valence-corrected chi connectivity index (χ3v) is 2.16. The highest BCUT2D eigenvalue weighted by Gasteiger charge is 2.06. The van der Waals surface area contributed by atoms with Gasteiger partial charge in [0.25, 0.3) is 0 Å². The molecular formula is C11H15NO2. The Balaban J connectivity index is 2.96. The Bertz CT molecular complexity index is 334. The van der Waals surface area contributed by atoms with E-state index in [1.165, 1.54) is 0 Å². The average Bonchev–Trinajstić information content (AvgIpc) is 2.18. The van der Waals surface area contributed by atoms with Crippen LogP contribution in [0, 0.1) is 6.92 Å². The monoisotopic (exact) mass is 193 g/mol. The molecule has 0 aromatic heterocycles. The molecule has 76 valence electrons. The van der Waals surface area contributed by atoms with Gasteiger partial charge in [-0.15, -0.1) is 0 Å². The zero-order valence-electron chi connectivity index (χ0n) is 8.50. The van der Waals surface area contributed by atoms with Crippen LogP contribution in [0.3, 0.4) is 0 Å². The molecule has 1 amide bonds. The molecule has 2 N–H and O–H groups in total. The zero-order valence-corrected chi connectivity index (χ0v) is 8.50. The van der Waals surface area contributed by atoms with Crippen LogP contribution in [0.1, 0.15) is 24.5 Å². The first-order chi connectivity index (χ1) is 6.69. The predicted octanol–water partition coefficient (Wildman–Crippen LogP) is 1.84. The maximum absolute atomic E-state index is 11.2. The number of nitrogens with one attached hydrogen (secondary N) is 1. The highest BCUT2D eigenvalue weighted by molar-refractivity contribution is 5.91. The van der Waals surface area contributed by atoms with E-state index in [0.717, 1.165) is 11.1 Å². The van der Waals surface area contributed by atoms with Gasteiger partial charge in [0, 0.05) is 17.7 Å². The summed E-state index contributed by atoms with van der Waals surface area (Å²) in [6.07, 6.45) is 0.443. The third-order valence-electron chi connectivity index (χ3n) is 2.16. The smallest absolute Gasteiger partial charge is 0.224 e. The minimum absolute atomic E-state index is 0.0368. The summed E-state index contributed by atoms with van der Waals surface area (Å²) in [5.74, 6) is -0.0368. The second kappa shape index (κ2) is 4.77. The van der Waals surface area contributed by atoms with Crippen LogP contribution < -0.4 is 5.32 Å². The van der Waals surface area contributed by atoms with E-state index in [9.17, 15) is 4.79 Å². The van der Waals surface area contributed by atoms with Gasteiger partial charge < -0.3 is 10.4 Å². The van der Waals surface area contributed by atoms with E-state index in [1.54, 1.807) is 13.0 Å². The Kier molecular flexibility index (Phi) is 3.65. The molecular weight excluding hydrogens is 178 g/mol. The standard InChI is InChI=1S/C11H15NO2/c1-3-11(14)12-10-6-4-5-8(2)9(10)7-13/h4-6,13H,3,7H2,1-2H3,(H,12,14). The molecule has 0 spiro atoms. The predicted molar refractivity (Wildman–Crippen MR) is 56.0 cm³/mol. The number of benzene rings is 1. The van der Waals surface area contributed by atoms with Crippen LogP contribution in [0.4, 0.5) is 5.69 Å². The Morgan fingerprint density at radius 1 is 1.50 bits per heavy atom. The van der Waals surface area contributed by atoms with E-state index in [4.69, 9.17) is 5.11 Å². The number of anilines is 1. The van der Waals surface area contributed by atoms with Gasteiger partial charge in [0.1, 0.15) is 0 Å². The van der Waals surface area contributed by atoms with Crippen molar-refractivity contribution in [3.63, 3.8) is 0 Å². The Labute approximate surface area is 83.8 Å². The number of amides is 1. The van der Waals surface area contributed by atoms with Crippen molar-refractivity contribution in [1.82, 2.24) is 0 Å². The molecule has 3 heteroatoms. The molecule has 0 bridgehead atoms. The minimum Gasteiger partial charge on any atom is -0.392 e. The fourth-order valence-electron chi connectivity index (χ4n) is 1.27. The van der Waals surface area contributed by atoms with Crippen LogP contribution in [0.25, 0.3) is 0 Å². The topological polar surface area (TPSA) is 49.3 Å². The van der Waals surface area contributed by atoms with Crippen LogP contribution in [-0.4, -0.2) is 11.0 Å². The quantitative estimate of drug-likeness (QED) is 0.769. The lowest BCUT2D eigenvalue weighted by atomic mass is 10.1. The highest BCUT2D eigenvalue weighted by atomic mass is 16.3. The van der Waals surface area contributed by atoms with Gasteiger partial charge in [0.05, 0.1) is 6.61 Å². The molecule has 0 aliphatic heterocycles. The van der Waals surface area contributed by atoms with E-state index in [2.05, 4.69) is 5.32 Å². The van der Waals surface area contributed by atoms with Crippen LogP contribution in [0.15, 0.2) is 18.2 Å². The van der Waals surface area contributed by atoms with Crippen LogP contribution in [0.5, 0.6) is 0 Å². The van der Waals surface area contributed by atoms with Crippen LogP contribution in [0.2, 0.25) is 0 Å². The minimum atomic E-state index is -0.0496. The summed E-state index contributed by atoms with van der Waals surface area (Å²) in [5.41, 5.74) is 2.48. The number of carbonyl (C=O) groups excluding carboxylic acids is 1. The number of rotatable bonds is 3. The molecule has 0 saturated carbocycles. The molecule has 0 radical (unpaired) electrons. The van der Waals surface area contributed by atoms with Gasteiger partial charge in [0.2, 0.25) is 5.91 Å².